The number of nitrogens with zero attached hydrogens (tertiary/aromatic N) is 3. The van der Waals surface area contributed by atoms with Gasteiger partial charge in [-0.25, -0.2) is 4.39 Å². The van der Waals surface area contributed by atoms with Crippen molar-refractivity contribution in [2.75, 3.05) is 18.0 Å². The van der Waals surface area contributed by atoms with E-state index in [4.69, 9.17) is 0 Å². The smallest absolute Gasteiger partial charge is 0.262 e. The summed E-state index contributed by atoms with van der Waals surface area (Å²) in [4.78, 5) is 55.1. The van der Waals surface area contributed by atoms with Crippen molar-refractivity contribution in [3.63, 3.8) is 0 Å². The van der Waals surface area contributed by atoms with E-state index in [1.807, 2.05) is 0 Å². The fourth-order valence-corrected chi connectivity index (χ4v) is 5.52. The van der Waals surface area contributed by atoms with Gasteiger partial charge in [-0.2, -0.15) is 0 Å². The van der Waals surface area contributed by atoms with Gasteiger partial charge in [-0.3, -0.25) is 34.3 Å². The molecule has 0 saturated carbocycles. The van der Waals surface area contributed by atoms with Crippen molar-refractivity contribution in [1.29, 1.82) is 0 Å². The number of amides is 4. The van der Waals surface area contributed by atoms with Crippen LogP contribution in [0.2, 0.25) is 0 Å². The molecule has 1 aromatic carbocycles. The average molecular weight is 442 g/mol. The summed E-state index contributed by atoms with van der Waals surface area (Å²) in [6.45, 7) is 8.14. The summed E-state index contributed by atoms with van der Waals surface area (Å²) in [5.41, 5.74) is 0.459. The number of hydrogen-bond acceptors (Lipinski definition) is 6. The van der Waals surface area contributed by atoms with Gasteiger partial charge in [-0.15, -0.1) is 0 Å². The number of piperidine rings is 1. The maximum absolute atomic E-state index is 15.3. The van der Waals surface area contributed by atoms with Crippen LogP contribution < -0.4 is 10.2 Å². The van der Waals surface area contributed by atoms with Crippen LogP contribution in [0.15, 0.2) is 12.1 Å². The third-order valence-electron chi connectivity index (χ3n) is 7.22. The highest BCUT2D eigenvalue weighted by Gasteiger charge is 2.47. The standard InChI is InChI=1S/C23H27FN4O4/c1-23(2,3)26-10-12-4-5-13(11-26)27(12)18-9-15-14(8-16(18)24)21(31)28(22(15)32)17-6-7-19(29)25-20(17)30/h8-9,12-13,17H,4-7,10-11H2,1-3H3,(H,25,29,30)/t12?,13?,17-/m1/s1. The third-order valence-corrected chi connectivity index (χ3v) is 7.22. The van der Waals surface area contributed by atoms with Gasteiger partial charge < -0.3 is 4.90 Å². The number of carbonyl (C=O) groups is 4. The van der Waals surface area contributed by atoms with Crippen molar-refractivity contribution in [3.8, 4) is 0 Å². The summed E-state index contributed by atoms with van der Waals surface area (Å²) in [6.07, 6.45) is 2.02. The van der Waals surface area contributed by atoms with Crippen molar-refractivity contribution in [1.82, 2.24) is 15.1 Å². The van der Waals surface area contributed by atoms with Gasteiger partial charge in [0.15, 0.2) is 0 Å². The van der Waals surface area contributed by atoms with Crippen LogP contribution in [0.3, 0.4) is 0 Å². The van der Waals surface area contributed by atoms with Crippen molar-refractivity contribution in [3.05, 3.63) is 29.1 Å². The molecule has 1 aromatic rings. The van der Waals surface area contributed by atoms with Crippen molar-refractivity contribution in [2.24, 2.45) is 0 Å². The van der Waals surface area contributed by atoms with Gasteiger partial charge in [-0.1, -0.05) is 0 Å². The number of benzene rings is 1. The topological polar surface area (TPSA) is 90.0 Å². The number of fused-ring (bicyclic) bond motifs is 3. The fraction of sp³-hybridized carbons (Fsp3) is 0.565. The predicted octanol–water partition coefficient (Wildman–Crippen LogP) is 1.68. The second kappa shape index (κ2) is 7.10. The quantitative estimate of drug-likeness (QED) is 0.701. The van der Waals surface area contributed by atoms with Crippen LogP contribution in [0.5, 0.6) is 0 Å². The lowest BCUT2D eigenvalue weighted by Crippen LogP contribution is -2.59. The molecule has 4 heterocycles. The Morgan fingerprint density at radius 1 is 0.938 bits per heavy atom. The number of halogens is 1. The lowest BCUT2D eigenvalue weighted by Gasteiger charge is -2.47. The zero-order valence-electron chi connectivity index (χ0n) is 18.5. The molecule has 0 radical (unpaired) electrons. The molecular formula is C23H27FN4O4. The van der Waals surface area contributed by atoms with E-state index in [1.54, 1.807) is 0 Å². The van der Waals surface area contributed by atoms with Crippen molar-refractivity contribution in [2.45, 2.75) is 70.1 Å². The van der Waals surface area contributed by atoms with Gasteiger partial charge in [0.25, 0.3) is 11.8 Å². The first kappa shape index (κ1) is 21.1. The maximum atomic E-state index is 15.3. The summed E-state index contributed by atoms with van der Waals surface area (Å²) in [5, 5.41) is 2.17. The van der Waals surface area contributed by atoms with E-state index in [1.165, 1.54) is 6.07 Å². The van der Waals surface area contributed by atoms with Crippen LogP contribution in [0.25, 0.3) is 0 Å². The first-order valence-electron chi connectivity index (χ1n) is 11.1. The predicted molar refractivity (Wildman–Crippen MR) is 114 cm³/mol. The Labute approximate surface area is 185 Å². The minimum atomic E-state index is -1.06. The second-order valence-electron chi connectivity index (χ2n) is 10.2. The molecule has 2 bridgehead atoms. The largest absolute Gasteiger partial charge is 0.361 e. The molecule has 4 aliphatic rings. The summed E-state index contributed by atoms with van der Waals surface area (Å²) in [7, 11) is 0. The molecule has 32 heavy (non-hydrogen) atoms. The van der Waals surface area contributed by atoms with Crippen LogP contribution in [0.1, 0.15) is 67.2 Å². The van der Waals surface area contributed by atoms with E-state index >= 15 is 4.39 Å². The molecule has 3 atom stereocenters. The Bertz CT molecular complexity index is 1040. The zero-order valence-corrected chi connectivity index (χ0v) is 18.5. The van der Waals surface area contributed by atoms with Gasteiger partial charge >= 0.3 is 0 Å². The van der Waals surface area contributed by atoms with Crippen LogP contribution in [-0.2, 0) is 9.59 Å². The minimum absolute atomic E-state index is 0.0221. The summed E-state index contributed by atoms with van der Waals surface area (Å²) >= 11 is 0. The van der Waals surface area contributed by atoms with Crippen molar-refractivity contribution >= 4 is 29.3 Å². The first-order chi connectivity index (χ1) is 15.1. The molecule has 9 heteroatoms. The number of imide groups is 2. The van der Waals surface area contributed by atoms with Crippen LogP contribution in [0, 0.1) is 5.82 Å². The highest BCUT2D eigenvalue weighted by atomic mass is 19.1. The van der Waals surface area contributed by atoms with Crippen LogP contribution >= 0.6 is 0 Å². The van der Waals surface area contributed by atoms with Gasteiger partial charge in [0.05, 0.1) is 16.8 Å². The van der Waals surface area contributed by atoms with E-state index in [0.717, 1.165) is 36.9 Å². The molecule has 0 aromatic heterocycles. The number of rotatable bonds is 2. The summed E-state index contributed by atoms with van der Waals surface area (Å²) in [5.74, 6) is -2.93. The molecule has 1 N–H and O–H groups in total. The summed E-state index contributed by atoms with van der Waals surface area (Å²) < 4.78 is 15.3. The number of carbonyl (C=O) groups excluding carboxylic acids is 4. The van der Waals surface area contributed by atoms with Gasteiger partial charge in [0, 0.05) is 37.1 Å². The number of piperazine rings is 1. The average Bonchev–Trinajstić information content (AvgIpc) is 3.09. The monoisotopic (exact) mass is 442 g/mol. The number of nitrogens with one attached hydrogen (secondary N) is 1. The van der Waals surface area contributed by atoms with E-state index in [0.29, 0.717) is 5.69 Å². The molecule has 8 nitrogen and oxygen atoms in total. The van der Waals surface area contributed by atoms with Crippen molar-refractivity contribution < 1.29 is 23.6 Å². The molecule has 4 amide bonds. The van der Waals surface area contributed by atoms with E-state index in [-0.39, 0.29) is 41.6 Å². The molecular weight excluding hydrogens is 415 g/mol. The Morgan fingerprint density at radius 3 is 2.09 bits per heavy atom. The maximum Gasteiger partial charge on any atom is 0.262 e. The Hall–Kier alpha value is -2.81. The number of hydrogen-bond donors (Lipinski definition) is 1. The van der Waals surface area contributed by atoms with Gasteiger partial charge in [-0.05, 0) is 52.2 Å². The van der Waals surface area contributed by atoms with E-state index in [9.17, 15) is 19.2 Å². The molecule has 170 valence electrons. The Kier molecular flexibility index (Phi) is 4.67. The molecule has 4 aliphatic heterocycles. The fourth-order valence-electron chi connectivity index (χ4n) is 5.52. The second-order valence-corrected chi connectivity index (χ2v) is 10.2. The summed E-state index contributed by atoms with van der Waals surface area (Å²) in [6, 6.07) is 1.83. The molecule has 0 aliphatic carbocycles. The highest BCUT2D eigenvalue weighted by molar-refractivity contribution is 6.23. The molecule has 0 spiro atoms. The third kappa shape index (κ3) is 3.13. The Morgan fingerprint density at radius 2 is 1.53 bits per heavy atom. The van der Waals surface area contributed by atoms with Gasteiger partial charge in [0.2, 0.25) is 11.8 Å². The van der Waals surface area contributed by atoms with E-state index in [2.05, 4.69) is 35.9 Å². The minimum Gasteiger partial charge on any atom is -0.361 e. The lowest BCUT2D eigenvalue weighted by molar-refractivity contribution is -0.136. The first-order valence-corrected chi connectivity index (χ1v) is 11.1. The lowest BCUT2D eigenvalue weighted by atomic mass is 10.0. The SMILES string of the molecule is CC(C)(C)N1CC2CCC(C1)N2c1cc2c(cc1F)C(=O)N([C@@H]1CCC(=O)NC1=O)C2=O. The molecule has 2 unspecified atom stereocenters. The number of likely N-dealkylation sites (tertiary alicyclic amines) is 1. The van der Waals surface area contributed by atoms with Crippen LogP contribution in [-0.4, -0.2) is 70.2 Å². The molecule has 3 fully saturated rings. The van der Waals surface area contributed by atoms with E-state index < -0.39 is 35.5 Å². The van der Waals surface area contributed by atoms with Crippen LogP contribution in [0.4, 0.5) is 10.1 Å². The van der Waals surface area contributed by atoms with Gasteiger partial charge in [0.1, 0.15) is 11.9 Å². The zero-order chi connectivity index (χ0) is 22.9. The highest BCUT2D eigenvalue weighted by Crippen LogP contribution is 2.40. The normalized spacial score (nSPS) is 28.4. The number of anilines is 1. The Balaban J connectivity index is 1.46. The molecule has 5 rings (SSSR count). The molecule has 3 saturated heterocycles.